The van der Waals surface area contributed by atoms with Gasteiger partial charge in [0, 0.05) is 22.8 Å². The summed E-state index contributed by atoms with van der Waals surface area (Å²) in [5.74, 6) is -0.173. The third kappa shape index (κ3) is 7.63. The standard InChI is InChI=1S/C17H29NO2S/c1-5-6-7-10-17(2,3)13-18-12-15-9-8-14(21-15)11-16(19)20-4/h8-9,18H,5-7,10-13H2,1-4H3. The minimum Gasteiger partial charge on any atom is -0.469 e. The van der Waals surface area contributed by atoms with Crippen molar-refractivity contribution < 1.29 is 9.53 Å². The highest BCUT2D eigenvalue weighted by atomic mass is 32.1. The second kappa shape index (κ2) is 9.21. The molecule has 0 unspecified atom stereocenters. The smallest absolute Gasteiger partial charge is 0.310 e. The fourth-order valence-corrected chi connectivity index (χ4v) is 3.27. The van der Waals surface area contributed by atoms with E-state index in [9.17, 15) is 4.79 Å². The SMILES string of the molecule is CCCCCC(C)(C)CNCc1ccc(CC(=O)OC)s1. The average Bonchev–Trinajstić information content (AvgIpc) is 2.86. The van der Waals surface area contributed by atoms with Crippen molar-refractivity contribution in [3.63, 3.8) is 0 Å². The minimum absolute atomic E-state index is 0.173. The summed E-state index contributed by atoms with van der Waals surface area (Å²) in [5.41, 5.74) is 0.348. The number of carbonyl (C=O) groups is 1. The summed E-state index contributed by atoms with van der Waals surface area (Å²) in [6.07, 6.45) is 5.57. The predicted octanol–water partition coefficient (Wildman–Crippen LogP) is 4.16. The monoisotopic (exact) mass is 311 g/mol. The lowest BCUT2D eigenvalue weighted by molar-refractivity contribution is -0.139. The first-order valence-corrected chi connectivity index (χ1v) is 8.63. The van der Waals surface area contributed by atoms with Crippen molar-refractivity contribution in [3.8, 4) is 0 Å². The molecule has 0 fully saturated rings. The molecule has 1 heterocycles. The van der Waals surface area contributed by atoms with E-state index in [4.69, 9.17) is 0 Å². The number of thiophene rings is 1. The highest BCUT2D eigenvalue weighted by molar-refractivity contribution is 7.12. The number of methoxy groups -OCH3 is 1. The minimum atomic E-state index is -0.173. The Bertz CT molecular complexity index is 426. The first-order chi connectivity index (χ1) is 9.96. The fourth-order valence-electron chi connectivity index (χ4n) is 2.29. The zero-order valence-corrected chi connectivity index (χ0v) is 14.6. The molecule has 0 aromatic carbocycles. The largest absolute Gasteiger partial charge is 0.469 e. The summed E-state index contributed by atoms with van der Waals surface area (Å²) in [6.45, 7) is 8.80. The quantitative estimate of drug-likeness (QED) is 0.521. The van der Waals surface area contributed by atoms with Crippen LogP contribution in [0.3, 0.4) is 0 Å². The molecule has 21 heavy (non-hydrogen) atoms. The summed E-state index contributed by atoms with van der Waals surface area (Å²) < 4.78 is 4.69. The summed E-state index contributed by atoms with van der Waals surface area (Å²) in [4.78, 5) is 13.6. The van der Waals surface area contributed by atoms with Gasteiger partial charge >= 0.3 is 5.97 Å². The lowest BCUT2D eigenvalue weighted by Crippen LogP contribution is -2.28. The molecule has 0 amide bonds. The van der Waals surface area contributed by atoms with Gasteiger partial charge in [-0.1, -0.05) is 40.0 Å². The van der Waals surface area contributed by atoms with Crippen molar-refractivity contribution in [2.24, 2.45) is 5.41 Å². The van der Waals surface area contributed by atoms with Gasteiger partial charge in [0.05, 0.1) is 13.5 Å². The maximum atomic E-state index is 11.2. The van der Waals surface area contributed by atoms with Gasteiger partial charge in [-0.15, -0.1) is 11.3 Å². The molecule has 4 heteroatoms. The normalized spacial score (nSPS) is 11.6. The average molecular weight is 311 g/mol. The van der Waals surface area contributed by atoms with E-state index in [1.165, 1.54) is 37.7 Å². The van der Waals surface area contributed by atoms with Crippen molar-refractivity contribution >= 4 is 17.3 Å². The molecule has 0 saturated heterocycles. The van der Waals surface area contributed by atoms with Crippen LogP contribution in [0.25, 0.3) is 0 Å². The van der Waals surface area contributed by atoms with Crippen LogP contribution in [0, 0.1) is 5.41 Å². The second-order valence-electron chi connectivity index (χ2n) is 6.35. The van der Waals surface area contributed by atoms with Crippen LogP contribution < -0.4 is 5.32 Å². The molecule has 0 spiro atoms. The number of hydrogen-bond donors (Lipinski definition) is 1. The zero-order valence-electron chi connectivity index (χ0n) is 13.8. The Morgan fingerprint density at radius 1 is 1.29 bits per heavy atom. The van der Waals surface area contributed by atoms with Crippen LogP contribution >= 0.6 is 11.3 Å². The van der Waals surface area contributed by atoms with E-state index in [1.807, 2.05) is 6.07 Å². The van der Waals surface area contributed by atoms with Gasteiger partial charge in [-0.3, -0.25) is 4.79 Å². The van der Waals surface area contributed by atoms with E-state index >= 15 is 0 Å². The first-order valence-electron chi connectivity index (χ1n) is 7.82. The number of ether oxygens (including phenoxy) is 1. The van der Waals surface area contributed by atoms with Crippen LogP contribution in [0.2, 0.25) is 0 Å². The molecule has 0 aliphatic heterocycles. The van der Waals surface area contributed by atoms with Gasteiger partial charge < -0.3 is 10.1 Å². The van der Waals surface area contributed by atoms with Crippen molar-refractivity contribution in [2.45, 2.75) is 59.4 Å². The number of hydrogen-bond acceptors (Lipinski definition) is 4. The number of rotatable bonds is 10. The molecule has 0 aliphatic carbocycles. The van der Waals surface area contributed by atoms with Gasteiger partial charge in [-0.2, -0.15) is 0 Å². The predicted molar refractivity (Wildman–Crippen MR) is 89.7 cm³/mol. The molecule has 0 bridgehead atoms. The van der Waals surface area contributed by atoms with Gasteiger partial charge in [0.2, 0.25) is 0 Å². The third-order valence-corrected chi connectivity index (χ3v) is 4.71. The second-order valence-corrected chi connectivity index (χ2v) is 7.60. The maximum absolute atomic E-state index is 11.2. The Morgan fingerprint density at radius 3 is 2.67 bits per heavy atom. The van der Waals surface area contributed by atoms with Gasteiger partial charge in [-0.05, 0) is 24.0 Å². The molecule has 3 nitrogen and oxygen atoms in total. The summed E-state index contributed by atoms with van der Waals surface area (Å²) in [7, 11) is 1.43. The van der Waals surface area contributed by atoms with Crippen LogP contribution in [-0.2, 0) is 22.5 Å². The van der Waals surface area contributed by atoms with E-state index in [2.05, 4.69) is 36.9 Å². The van der Waals surface area contributed by atoms with Crippen LogP contribution in [0.4, 0.5) is 0 Å². The van der Waals surface area contributed by atoms with E-state index in [-0.39, 0.29) is 5.97 Å². The van der Waals surface area contributed by atoms with E-state index in [1.54, 1.807) is 11.3 Å². The van der Waals surface area contributed by atoms with Crippen LogP contribution in [0.15, 0.2) is 12.1 Å². The van der Waals surface area contributed by atoms with E-state index in [0.717, 1.165) is 18.0 Å². The van der Waals surface area contributed by atoms with Crippen molar-refractivity contribution in [1.82, 2.24) is 5.32 Å². The molecule has 0 atom stereocenters. The number of esters is 1. The number of unbranched alkanes of at least 4 members (excludes halogenated alkanes) is 2. The van der Waals surface area contributed by atoms with Gasteiger partial charge in [0.25, 0.3) is 0 Å². The maximum Gasteiger partial charge on any atom is 0.310 e. The molecule has 0 radical (unpaired) electrons. The topological polar surface area (TPSA) is 38.3 Å². The molecular weight excluding hydrogens is 282 g/mol. The van der Waals surface area contributed by atoms with Crippen LogP contribution in [0.1, 0.15) is 56.2 Å². The highest BCUT2D eigenvalue weighted by Crippen LogP contribution is 2.23. The highest BCUT2D eigenvalue weighted by Gasteiger charge is 2.16. The molecule has 1 aromatic heterocycles. The first kappa shape index (κ1) is 18.2. The Hall–Kier alpha value is -0.870. The Balaban J connectivity index is 2.30. The molecule has 1 aromatic rings. The Kier molecular flexibility index (Phi) is 7.97. The third-order valence-electron chi connectivity index (χ3n) is 3.62. The molecular formula is C17H29NO2S. The lowest BCUT2D eigenvalue weighted by Gasteiger charge is -2.25. The molecule has 1 rings (SSSR count). The zero-order chi connectivity index (χ0) is 15.7. The fraction of sp³-hybridized carbons (Fsp3) is 0.706. The van der Waals surface area contributed by atoms with Gasteiger partial charge in [0.1, 0.15) is 0 Å². The van der Waals surface area contributed by atoms with Crippen molar-refractivity contribution in [3.05, 3.63) is 21.9 Å². The Labute approximate surface area is 133 Å². The summed E-state index contributed by atoms with van der Waals surface area (Å²) >= 11 is 1.69. The van der Waals surface area contributed by atoms with Crippen LogP contribution in [-0.4, -0.2) is 19.6 Å². The number of nitrogens with one attached hydrogen (secondary N) is 1. The van der Waals surface area contributed by atoms with E-state index < -0.39 is 0 Å². The Morgan fingerprint density at radius 2 is 2.00 bits per heavy atom. The van der Waals surface area contributed by atoms with Crippen molar-refractivity contribution in [1.29, 1.82) is 0 Å². The number of carbonyl (C=O) groups excluding carboxylic acids is 1. The lowest BCUT2D eigenvalue weighted by atomic mass is 9.87. The van der Waals surface area contributed by atoms with Crippen molar-refractivity contribution in [2.75, 3.05) is 13.7 Å². The molecule has 0 saturated carbocycles. The van der Waals surface area contributed by atoms with Gasteiger partial charge in [0.15, 0.2) is 0 Å². The molecule has 1 N–H and O–H groups in total. The summed E-state index contributed by atoms with van der Waals surface area (Å²) in [5, 5.41) is 3.54. The van der Waals surface area contributed by atoms with Gasteiger partial charge in [-0.25, -0.2) is 0 Å². The van der Waals surface area contributed by atoms with Crippen LogP contribution in [0.5, 0.6) is 0 Å². The summed E-state index contributed by atoms with van der Waals surface area (Å²) in [6, 6.07) is 4.12. The molecule has 120 valence electrons. The molecule has 0 aliphatic rings. The van der Waals surface area contributed by atoms with E-state index in [0.29, 0.717) is 11.8 Å².